The molecule has 1 atom stereocenters. The molecule has 1 N–H and O–H groups in total. The van der Waals surface area contributed by atoms with Crippen molar-refractivity contribution in [3.05, 3.63) is 95.8 Å². The predicted octanol–water partition coefficient (Wildman–Crippen LogP) is 3.39. The molecule has 1 heterocycles. The first kappa shape index (κ1) is 20.7. The number of aromatic nitrogens is 1. The second kappa shape index (κ2) is 8.98. The van der Waals surface area contributed by atoms with Gasteiger partial charge in [0, 0.05) is 31.5 Å². The van der Waals surface area contributed by atoms with Crippen LogP contribution in [0.1, 0.15) is 34.5 Å². The molecule has 0 unspecified atom stereocenters. The van der Waals surface area contributed by atoms with E-state index in [2.05, 4.69) is 9.71 Å². The standard InChI is InChI=1S/C22H23N3O3S/c1-17(20-11-7-13-23-16-20)25(2)22(26)19-10-6-12-21(14-19)29(27,28)24-15-18-8-4-3-5-9-18/h3-14,16-17,24H,15H2,1-2H3/t17-/m1/s1. The number of pyridine rings is 1. The lowest BCUT2D eigenvalue weighted by atomic mass is 10.1. The van der Waals surface area contributed by atoms with Gasteiger partial charge in [-0.15, -0.1) is 0 Å². The molecule has 0 bridgehead atoms. The van der Waals surface area contributed by atoms with Crippen molar-refractivity contribution in [2.24, 2.45) is 0 Å². The minimum atomic E-state index is -3.74. The fraction of sp³-hybridized carbons (Fsp3) is 0.182. The maximum Gasteiger partial charge on any atom is 0.254 e. The fourth-order valence-corrected chi connectivity index (χ4v) is 3.94. The van der Waals surface area contributed by atoms with Crippen LogP contribution in [0.15, 0.2) is 84.0 Å². The van der Waals surface area contributed by atoms with E-state index in [1.165, 1.54) is 12.1 Å². The number of rotatable bonds is 7. The summed E-state index contributed by atoms with van der Waals surface area (Å²) in [5, 5.41) is 0. The lowest BCUT2D eigenvalue weighted by Crippen LogP contribution is -2.30. The van der Waals surface area contributed by atoms with Gasteiger partial charge in [-0.3, -0.25) is 9.78 Å². The summed E-state index contributed by atoms with van der Waals surface area (Å²) < 4.78 is 27.9. The molecule has 0 aliphatic rings. The van der Waals surface area contributed by atoms with E-state index in [-0.39, 0.29) is 23.4 Å². The van der Waals surface area contributed by atoms with Gasteiger partial charge in [-0.2, -0.15) is 0 Å². The monoisotopic (exact) mass is 409 g/mol. The van der Waals surface area contributed by atoms with Gasteiger partial charge in [-0.25, -0.2) is 13.1 Å². The normalized spacial score (nSPS) is 12.3. The van der Waals surface area contributed by atoms with Gasteiger partial charge in [0.2, 0.25) is 10.0 Å². The molecule has 0 aliphatic heterocycles. The van der Waals surface area contributed by atoms with Crippen molar-refractivity contribution in [1.82, 2.24) is 14.6 Å². The molecule has 7 heteroatoms. The zero-order valence-corrected chi connectivity index (χ0v) is 17.1. The Kier molecular flexibility index (Phi) is 6.41. The summed E-state index contributed by atoms with van der Waals surface area (Å²) in [6, 6.07) is 18.8. The molecular formula is C22H23N3O3S. The van der Waals surface area contributed by atoms with Crippen LogP contribution in [0.3, 0.4) is 0 Å². The molecule has 0 aliphatic carbocycles. The molecule has 3 rings (SSSR count). The maximum atomic E-state index is 12.9. The van der Waals surface area contributed by atoms with Gasteiger partial charge in [0.25, 0.3) is 5.91 Å². The number of carbonyl (C=O) groups is 1. The highest BCUT2D eigenvalue weighted by Gasteiger charge is 2.21. The van der Waals surface area contributed by atoms with Gasteiger partial charge in [-0.1, -0.05) is 42.5 Å². The molecule has 2 aromatic carbocycles. The van der Waals surface area contributed by atoms with Crippen LogP contribution in [0.25, 0.3) is 0 Å². The van der Waals surface area contributed by atoms with E-state index in [4.69, 9.17) is 0 Å². The van der Waals surface area contributed by atoms with Crippen molar-refractivity contribution >= 4 is 15.9 Å². The summed E-state index contributed by atoms with van der Waals surface area (Å²) in [6.45, 7) is 2.08. The molecule has 0 saturated heterocycles. The molecule has 3 aromatic rings. The average Bonchev–Trinajstić information content (AvgIpc) is 2.77. The quantitative estimate of drug-likeness (QED) is 0.649. The molecule has 29 heavy (non-hydrogen) atoms. The van der Waals surface area contributed by atoms with E-state index in [9.17, 15) is 13.2 Å². The molecule has 0 spiro atoms. The van der Waals surface area contributed by atoms with Gasteiger partial charge in [0.1, 0.15) is 0 Å². The van der Waals surface area contributed by atoms with Gasteiger partial charge in [0.15, 0.2) is 0 Å². The third kappa shape index (κ3) is 5.07. The van der Waals surface area contributed by atoms with Crippen LogP contribution in [-0.2, 0) is 16.6 Å². The van der Waals surface area contributed by atoms with E-state index in [0.717, 1.165) is 11.1 Å². The minimum Gasteiger partial charge on any atom is -0.335 e. The van der Waals surface area contributed by atoms with E-state index >= 15 is 0 Å². The lowest BCUT2D eigenvalue weighted by Gasteiger charge is -2.25. The minimum absolute atomic E-state index is 0.0571. The molecule has 1 amide bonds. The molecule has 0 saturated carbocycles. The third-order valence-corrected chi connectivity index (χ3v) is 6.17. The van der Waals surface area contributed by atoms with Crippen molar-refractivity contribution in [3.63, 3.8) is 0 Å². The van der Waals surface area contributed by atoms with E-state index in [0.29, 0.717) is 5.56 Å². The molecule has 1 aromatic heterocycles. The highest BCUT2D eigenvalue weighted by atomic mass is 32.2. The summed E-state index contributed by atoms with van der Waals surface area (Å²) in [7, 11) is -2.05. The SMILES string of the molecule is C[C@H](c1cccnc1)N(C)C(=O)c1cccc(S(=O)(=O)NCc2ccccc2)c1. The number of benzene rings is 2. The third-order valence-electron chi connectivity index (χ3n) is 4.77. The second-order valence-corrected chi connectivity index (χ2v) is 8.48. The number of hydrogen-bond acceptors (Lipinski definition) is 4. The van der Waals surface area contributed by atoms with E-state index in [1.807, 2.05) is 49.4 Å². The summed E-state index contributed by atoms with van der Waals surface area (Å²) in [5.41, 5.74) is 2.07. The van der Waals surface area contributed by atoms with Crippen LogP contribution < -0.4 is 4.72 Å². The highest BCUT2D eigenvalue weighted by Crippen LogP contribution is 2.21. The summed E-state index contributed by atoms with van der Waals surface area (Å²) >= 11 is 0. The number of carbonyl (C=O) groups excluding carboxylic acids is 1. The highest BCUT2D eigenvalue weighted by molar-refractivity contribution is 7.89. The predicted molar refractivity (Wildman–Crippen MR) is 112 cm³/mol. The van der Waals surface area contributed by atoms with Crippen molar-refractivity contribution in [2.75, 3.05) is 7.05 Å². The zero-order valence-electron chi connectivity index (χ0n) is 16.3. The van der Waals surface area contributed by atoms with Crippen molar-refractivity contribution in [3.8, 4) is 0 Å². The number of nitrogens with one attached hydrogen (secondary N) is 1. The Balaban J connectivity index is 1.76. The largest absolute Gasteiger partial charge is 0.335 e. The summed E-state index contributed by atoms with van der Waals surface area (Å²) in [5.74, 6) is -0.263. The molecule has 150 valence electrons. The number of sulfonamides is 1. The average molecular weight is 410 g/mol. The lowest BCUT2D eigenvalue weighted by molar-refractivity contribution is 0.0742. The Labute approximate surface area is 171 Å². The maximum absolute atomic E-state index is 12.9. The smallest absolute Gasteiger partial charge is 0.254 e. The number of nitrogens with zero attached hydrogens (tertiary/aromatic N) is 2. The first-order valence-electron chi connectivity index (χ1n) is 9.19. The number of amides is 1. The van der Waals surface area contributed by atoms with Gasteiger partial charge >= 0.3 is 0 Å². The second-order valence-electron chi connectivity index (χ2n) is 6.72. The summed E-state index contributed by atoms with van der Waals surface area (Å²) in [6.07, 6.45) is 3.39. The Bertz CT molecular complexity index is 1070. The Morgan fingerprint density at radius 1 is 1.07 bits per heavy atom. The van der Waals surface area contributed by atoms with Crippen LogP contribution in [0, 0.1) is 0 Å². The Hall–Kier alpha value is -3.03. The van der Waals surface area contributed by atoms with Crippen molar-refractivity contribution in [1.29, 1.82) is 0 Å². The zero-order chi connectivity index (χ0) is 20.9. The van der Waals surface area contributed by atoms with Gasteiger partial charge < -0.3 is 4.90 Å². The molecule has 0 radical (unpaired) electrons. The Morgan fingerprint density at radius 2 is 1.83 bits per heavy atom. The van der Waals surface area contributed by atoms with Crippen LogP contribution in [-0.4, -0.2) is 31.3 Å². The number of hydrogen-bond donors (Lipinski definition) is 1. The van der Waals surface area contributed by atoms with Crippen LogP contribution in [0.4, 0.5) is 0 Å². The Morgan fingerprint density at radius 3 is 2.52 bits per heavy atom. The topological polar surface area (TPSA) is 79.4 Å². The van der Waals surface area contributed by atoms with E-state index in [1.54, 1.807) is 36.5 Å². The fourth-order valence-electron chi connectivity index (χ4n) is 2.88. The van der Waals surface area contributed by atoms with Crippen LogP contribution in [0.5, 0.6) is 0 Å². The van der Waals surface area contributed by atoms with Crippen LogP contribution in [0.2, 0.25) is 0 Å². The van der Waals surface area contributed by atoms with Gasteiger partial charge in [-0.05, 0) is 42.3 Å². The molecule has 6 nitrogen and oxygen atoms in total. The van der Waals surface area contributed by atoms with E-state index < -0.39 is 10.0 Å². The summed E-state index contributed by atoms with van der Waals surface area (Å²) in [4.78, 5) is 18.6. The van der Waals surface area contributed by atoms with Crippen molar-refractivity contribution in [2.45, 2.75) is 24.4 Å². The first-order chi connectivity index (χ1) is 13.9. The van der Waals surface area contributed by atoms with Crippen LogP contribution >= 0.6 is 0 Å². The van der Waals surface area contributed by atoms with Gasteiger partial charge in [0.05, 0.1) is 10.9 Å². The molecular weight excluding hydrogens is 386 g/mol. The first-order valence-corrected chi connectivity index (χ1v) is 10.7. The molecule has 0 fully saturated rings. The van der Waals surface area contributed by atoms with Crippen molar-refractivity contribution < 1.29 is 13.2 Å².